The molecule has 1 heteroatoms. The van der Waals surface area contributed by atoms with Gasteiger partial charge in [0, 0.05) is 0 Å². The molecule has 0 spiro atoms. The fraction of sp³-hybridized carbons (Fsp3) is 0.800. The van der Waals surface area contributed by atoms with Crippen molar-refractivity contribution in [3.05, 3.63) is 12.7 Å². The van der Waals surface area contributed by atoms with Crippen LogP contribution in [-0.4, -0.2) is 11.2 Å². The zero-order chi connectivity index (χ0) is 8.70. The molecular weight excluding hydrogens is 136 g/mol. The van der Waals surface area contributed by atoms with Gasteiger partial charge in [-0.05, 0) is 23.7 Å². The van der Waals surface area contributed by atoms with Gasteiger partial charge in [0.05, 0.1) is 6.10 Å². The Balaban J connectivity index is 2.94. The van der Waals surface area contributed by atoms with Gasteiger partial charge in [-0.1, -0.05) is 26.8 Å². The molecule has 1 rings (SSSR count). The van der Waals surface area contributed by atoms with E-state index in [0.717, 1.165) is 12.8 Å². The summed E-state index contributed by atoms with van der Waals surface area (Å²) in [5.41, 5.74) is 0.112. The predicted molar refractivity (Wildman–Crippen MR) is 47.3 cm³/mol. The predicted octanol–water partition coefficient (Wildman–Crippen LogP) is 2.36. The minimum Gasteiger partial charge on any atom is -0.393 e. The fourth-order valence-corrected chi connectivity index (χ4v) is 1.87. The van der Waals surface area contributed by atoms with Gasteiger partial charge in [-0.25, -0.2) is 0 Å². The summed E-state index contributed by atoms with van der Waals surface area (Å²) in [6.45, 7) is 10.2. The number of hydrogen-bond donors (Lipinski definition) is 1. The van der Waals surface area contributed by atoms with Crippen molar-refractivity contribution in [1.29, 1.82) is 0 Å². The number of allylic oxidation sites excluding steroid dienone is 1. The Morgan fingerprint density at radius 2 is 2.00 bits per heavy atom. The summed E-state index contributed by atoms with van der Waals surface area (Å²) in [6, 6.07) is 0. The summed E-state index contributed by atoms with van der Waals surface area (Å²) in [6.07, 6.45) is 3.80. The largest absolute Gasteiger partial charge is 0.393 e. The Bertz CT molecular complexity index is 172. The van der Waals surface area contributed by atoms with Crippen molar-refractivity contribution in [2.24, 2.45) is 10.8 Å². The Morgan fingerprint density at radius 3 is 2.18 bits per heavy atom. The van der Waals surface area contributed by atoms with Gasteiger partial charge in [0.25, 0.3) is 0 Å². The molecule has 2 atom stereocenters. The van der Waals surface area contributed by atoms with Crippen LogP contribution in [0.3, 0.4) is 0 Å². The quantitative estimate of drug-likeness (QED) is 0.575. The van der Waals surface area contributed by atoms with Gasteiger partial charge in [0.2, 0.25) is 0 Å². The summed E-state index contributed by atoms with van der Waals surface area (Å²) in [5.74, 6) is 0. The lowest BCUT2D eigenvalue weighted by Crippen LogP contribution is -2.35. The Hall–Kier alpha value is -0.300. The molecule has 0 amide bonds. The van der Waals surface area contributed by atoms with E-state index in [9.17, 15) is 5.11 Å². The molecule has 0 aliphatic heterocycles. The van der Waals surface area contributed by atoms with Crippen LogP contribution in [0, 0.1) is 10.8 Å². The van der Waals surface area contributed by atoms with E-state index >= 15 is 0 Å². The average Bonchev–Trinajstić information content (AvgIpc) is 2.15. The highest BCUT2D eigenvalue weighted by atomic mass is 16.3. The smallest absolute Gasteiger partial charge is 0.0599 e. The first kappa shape index (κ1) is 8.79. The fourth-order valence-electron chi connectivity index (χ4n) is 1.87. The third kappa shape index (κ3) is 1.02. The molecule has 0 heterocycles. The van der Waals surface area contributed by atoms with Crippen LogP contribution in [0.25, 0.3) is 0 Å². The molecule has 1 fully saturated rings. The van der Waals surface area contributed by atoms with Crippen molar-refractivity contribution in [3.63, 3.8) is 0 Å². The second-order valence-electron chi connectivity index (χ2n) is 4.40. The number of aliphatic hydroxyl groups excluding tert-OH is 1. The van der Waals surface area contributed by atoms with Gasteiger partial charge in [-0.3, -0.25) is 0 Å². The van der Waals surface area contributed by atoms with Crippen LogP contribution >= 0.6 is 0 Å². The molecule has 64 valence electrons. The summed E-state index contributed by atoms with van der Waals surface area (Å²) in [7, 11) is 0. The molecule has 1 nitrogen and oxygen atoms in total. The molecule has 0 bridgehead atoms. The standard InChI is InChI=1S/C10H18O/c1-5-10(4)7-6-8(11)9(10,2)3/h5,8,11H,1,6-7H2,2-4H3/t8-,10?/m0/s1. The SMILES string of the molecule is C=CC1(C)CC[C@H](O)C1(C)C. The zero-order valence-electron chi connectivity index (χ0n) is 7.72. The van der Waals surface area contributed by atoms with E-state index in [1.54, 1.807) is 0 Å². The Morgan fingerprint density at radius 1 is 1.45 bits per heavy atom. The van der Waals surface area contributed by atoms with Gasteiger partial charge in [0.1, 0.15) is 0 Å². The maximum atomic E-state index is 9.68. The van der Waals surface area contributed by atoms with Gasteiger partial charge in [0.15, 0.2) is 0 Å². The molecule has 1 saturated carbocycles. The van der Waals surface area contributed by atoms with Crippen molar-refractivity contribution in [2.45, 2.75) is 39.7 Å². The van der Waals surface area contributed by atoms with Crippen molar-refractivity contribution in [2.75, 3.05) is 0 Å². The van der Waals surface area contributed by atoms with Gasteiger partial charge in [-0.2, -0.15) is 0 Å². The van der Waals surface area contributed by atoms with Crippen LogP contribution in [0.4, 0.5) is 0 Å². The summed E-state index contributed by atoms with van der Waals surface area (Å²) >= 11 is 0. The molecule has 1 unspecified atom stereocenters. The molecule has 0 radical (unpaired) electrons. The Kier molecular flexibility index (Phi) is 1.87. The highest BCUT2D eigenvalue weighted by Crippen LogP contribution is 2.52. The highest BCUT2D eigenvalue weighted by molar-refractivity contribution is 5.08. The van der Waals surface area contributed by atoms with Gasteiger partial charge in [-0.15, -0.1) is 6.58 Å². The van der Waals surface area contributed by atoms with E-state index in [4.69, 9.17) is 0 Å². The zero-order valence-corrected chi connectivity index (χ0v) is 7.72. The summed E-state index contributed by atoms with van der Waals surface area (Å²) in [5, 5.41) is 9.68. The van der Waals surface area contributed by atoms with Crippen LogP contribution in [0.2, 0.25) is 0 Å². The normalized spacial score (nSPS) is 42.4. The monoisotopic (exact) mass is 154 g/mol. The van der Waals surface area contributed by atoms with E-state index in [0.29, 0.717) is 0 Å². The summed E-state index contributed by atoms with van der Waals surface area (Å²) < 4.78 is 0. The molecule has 1 N–H and O–H groups in total. The molecule has 0 saturated heterocycles. The highest BCUT2D eigenvalue weighted by Gasteiger charge is 2.48. The first-order valence-electron chi connectivity index (χ1n) is 4.26. The van der Waals surface area contributed by atoms with Crippen molar-refractivity contribution < 1.29 is 5.11 Å². The summed E-state index contributed by atoms with van der Waals surface area (Å²) in [4.78, 5) is 0. The topological polar surface area (TPSA) is 20.2 Å². The van der Waals surface area contributed by atoms with Gasteiger partial charge >= 0.3 is 0 Å². The molecule has 0 aromatic carbocycles. The van der Waals surface area contributed by atoms with Crippen LogP contribution in [0.5, 0.6) is 0 Å². The third-order valence-electron chi connectivity index (χ3n) is 3.69. The number of aliphatic hydroxyl groups is 1. The lowest BCUT2D eigenvalue weighted by molar-refractivity contribution is 0.0338. The van der Waals surface area contributed by atoms with Crippen LogP contribution in [-0.2, 0) is 0 Å². The Labute approximate surface area is 69.1 Å². The molecular formula is C10H18O. The lowest BCUT2D eigenvalue weighted by atomic mass is 9.69. The maximum absolute atomic E-state index is 9.68. The average molecular weight is 154 g/mol. The van der Waals surface area contributed by atoms with Crippen molar-refractivity contribution in [1.82, 2.24) is 0 Å². The first-order chi connectivity index (χ1) is 4.94. The third-order valence-corrected chi connectivity index (χ3v) is 3.69. The lowest BCUT2D eigenvalue weighted by Gasteiger charge is -2.37. The minimum atomic E-state index is -0.162. The second kappa shape index (κ2) is 2.34. The van der Waals surface area contributed by atoms with Crippen molar-refractivity contribution >= 4 is 0 Å². The van der Waals surface area contributed by atoms with E-state index in [1.807, 2.05) is 6.08 Å². The van der Waals surface area contributed by atoms with E-state index in [2.05, 4.69) is 27.4 Å². The van der Waals surface area contributed by atoms with E-state index < -0.39 is 0 Å². The first-order valence-corrected chi connectivity index (χ1v) is 4.26. The molecule has 0 aromatic heterocycles. The molecule has 1 aliphatic carbocycles. The molecule has 11 heavy (non-hydrogen) atoms. The number of hydrogen-bond acceptors (Lipinski definition) is 1. The number of rotatable bonds is 1. The van der Waals surface area contributed by atoms with E-state index in [-0.39, 0.29) is 16.9 Å². The van der Waals surface area contributed by atoms with Gasteiger partial charge < -0.3 is 5.11 Å². The van der Waals surface area contributed by atoms with Crippen LogP contribution in [0.15, 0.2) is 12.7 Å². The maximum Gasteiger partial charge on any atom is 0.0599 e. The minimum absolute atomic E-state index is 0.00521. The van der Waals surface area contributed by atoms with Crippen molar-refractivity contribution in [3.8, 4) is 0 Å². The van der Waals surface area contributed by atoms with Crippen LogP contribution < -0.4 is 0 Å². The second-order valence-corrected chi connectivity index (χ2v) is 4.40. The van der Waals surface area contributed by atoms with E-state index in [1.165, 1.54) is 0 Å². The molecule has 0 aromatic rings. The van der Waals surface area contributed by atoms with Crippen LogP contribution in [0.1, 0.15) is 33.6 Å². The molecule has 1 aliphatic rings.